The molecule has 0 amide bonds. The first-order valence-electron chi connectivity index (χ1n) is 12.0. The van der Waals surface area contributed by atoms with Gasteiger partial charge in [-0.2, -0.15) is 0 Å². The van der Waals surface area contributed by atoms with Gasteiger partial charge in [0.15, 0.2) is 0 Å². The molecule has 4 aromatic carbocycles. The molecule has 5 aromatic rings. The van der Waals surface area contributed by atoms with Crippen LogP contribution in [0.15, 0.2) is 113 Å². The summed E-state index contributed by atoms with van der Waals surface area (Å²) in [5.41, 5.74) is 3.98. The van der Waals surface area contributed by atoms with Crippen LogP contribution in [-0.4, -0.2) is 13.0 Å². The van der Waals surface area contributed by atoms with Crippen molar-refractivity contribution in [1.29, 1.82) is 0 Å². The average Bonchev–Trinajstić information content (AvgIpc) is 3.29. The largest absolute Gasteiger partial charge is 0.327 e. The maximum Gasteiger partial charge on any atom is 0.222 e. The van der Waals surface area contributed by atoms with E-state index in [0.29, 0.717) is 23.1 Å². The van der Waals surface area contributed by atoms with Crippen LogP contribution in [0.5, 0.6) is 0 Å². The normalized spacial score (nSPS) is 12.6. The number of benzene rings is 4. The van der Waals surface area contributed by atoms with Crippen molar-refractivity contribution < 1.29 is 8.42 Å². The minimum absolute atomic E-state index is 0.0452. The highest BCUT2D eigenvalue weighted by molar-refractivity contribution is 7.91. The summed E-state index contributed by atoms with van der Waals surface area (Å²) in [6.07, 6.45) is 0. The molecule has 0 fully saturated rings. The van der Waals surface area contributed by atoms with Gasteiger partial charge in [0.2, 0.25) is 9.84 Å². The molecule has 1 N–H and O–H groups in total. The quantitative estimate of drug-likeness (QED) is 0.216. The monoisotopic (exact) mass is 548 g/mol. The second-order valence-electron chi connectivity index (χ2n) is 9.06. The zero-order chi connectivity index (χ0) is 26.0. The maximum atomic E-state index is 13.8. The molecule has 0 spiro atoms. The summed E-state index contributed by atoms with van der Waals surface area (Å²) in [5.74, 6) is 0. The molecule has 0 aliphatic rings. The summed E-state index contributed by atoms with van der Waals surface area (Å²) in [6.45, 7) is 3.16. The minimum atomic E-state index is -3.76. The van der Waals surface area contributed by atoms with E-state index in [1.54, 1.807) is 18.2 Å². The van der Waals surface area contributed by atoms with E-state index in [0.717, 1.165) is 27.6 Å². The molecule has 0 unspecified atom stereocenters. The molecular formula is C30H26Cl2N2O2S. The fourth-order valence-electron chi connectivity index (χ4n) is 4.39. The fourth-order valence-corrected chi connectivity index (χ4v) is 6.11. The molecule has 1 heterocycles. The van der Waals surface area contributed by atoms with Gasteiger partial charge in [-0.05, 0) is 72.1 Å². The maximum absolute atomic E-state index is 13.8. The van der Waals surface area contributed by atoms with Crippen LogP contribution in [0.1, 0.15) is 29.7 Å². The Labute approximate surface area is 227 Å². The number of sulfone groups is 1. The molecule has 0 saturated heterocycles. The summed E-state index contributed by atoms with van der Waals surface area (Å²) >= 11 is 12.0. The Morgan fingerprint density at radius 2 is 1.38 bits per heavy atom. The molecule has 0 aliphatic carbocycles. The van der Waals surface area contributed by atoms with E-state index < -0.39 is 9.84 Å². The Morgan fingerprint density at radius 1 is 0.784 bits per heavy atom. The Morgan fingerprint density at radius 3 is 2.03 bits per heavy atom. The zero-order valence-corrected chi connectivity index (χ0v) is 22.6. The van der Waals surface area contributed by atoms with Gasteiger partial charge in [-0.15, -0.1) is 0 Å². The van der Waals surface area contributed by atoms with E-state index in [1.807, 2.05) is 89.5 Å². The van der Waals surface area contributed by atoms with Crippen LogP contribution >= 0.6 is 23.2 Å². The second kappa shape index (κ2) is 10.7. The van der Waals surface area contributed by atoms with Crippen LogP contribution < -0.4 is 5.32 Å². The van der Waals surface area contributed by atoms with Crippen molar-refractivity contribution in [1.82, 2.24) is 9.88 Å². The Bertz CT molecular complexity index is 1630. The van der Waals surface area contributed by atoms with Gasteiger partial charge in [-0.1, -0.05) is 77.8 Å². The van der Waals surface area contributed by atoms with Crippen LogP contribution in [-0.2, 0) is 22.9 Å². The number of rotatable bonds is 8. The van der Waals surface area contributed by atoms with Gasteiger partial charge < -0.3 is 9.88 Å². The lowest BCUT2D eigenvalue weighted by Gasteiger charge is -2.16. The van der Waals surface area contributed by atoms with E-state index in [4.69, 9.17) is 23.2 Å². The lowest BCUT2D eigenvalue weighted by Crippen LogP contribution is -2.18. The number of nitrogens with one attached hydrogen (secondary N) is 1. The van der Waals surface area contributed by atoms with Gasteiger partial charge in [0.05, 0.1) is 4.90 Å². The van der Waals surface area contributed by atoms with Crippen molar-refractivity contribution in [3.63, 3.8) is 0 Å². The summed E-state index contributed by atoms with van der Waals surface area (Å²) < 4.78 is 29.5. The molecule has 4 nitrogen and oxygen atoms in total. The van der Waals surface area contributed by atoms with Crippen molar-refractivity contribution in [3.05, 3.63) is 130 Å². The van der Waals surface area contributed by atoms with Gasteiger partial charge in [-0.25, -0.2) is 8.42 Å². The standard InChI is InChI=1S/C30H26Cl2N2O2S/c1-21(33-19-22-6-12-26(31)13-7-22)24-10-16-28(17-11-24)37(35,36)30-18-25-4-2-3-5-29(25)34(30)20-23-8-14-27(32)15-9-23/h2-18,21,33H,19-20H2,1H3/t21-/m0/s1. The molecule has 7 heteroatoms. The summed E-state index contributed by atoms with van der Waals surface area (Å²) in [7, 11) is -3.76. The number of aromatic nitrogens is 1. The molecule has 0 saturated carbocycles. The smallest absolute Gasteiger partial charge is 0.222 e. The van der Waals surface area contributed by atoms with Gasteiger partial charge in [0, 0.05) is 40.1 Å². The molecule has 37 heavy (non-hydrogen) atoms. The number of nitrogens with zero attached hydrogens (tertiary/aromatic N) is 1. The van der Waals surface area contributed by atoms with E-state index in [-0.39, 0.29) is 16.0 Å². The van der Waals surface area contributed by atoms with E-state index >= 15 is 0 Å². The third kappa shape index (κ3) is 5.60. The lowest BCUT2D eigenvalue weighted by molar-refractivity contribution is 0.573. The molecule has 0 radical (unpaired) electrons. The van der Waals surface area contributed by atoms with Crippen molar-refractivity contribution in [2.45, 2.75) is 36.0 Å². The van der Waals surface area contributed by atoms with Crippen molar-refractivity contribution in [2.75, 3.05) is 0 Å². The molecular weight excluding hydrogens is 523 g/mol. The number of para-hydroxylation sites is 1. The van der Waals surface area contributed by atoms with Gasteiger partial charge in [0.1, 0.15) is 5.03 Å². The number of halogens is 2. The number of hydrogen-bond donors (Lipinski definition) is 1. The van der Waals surface area contributed by atoms with Crippen LogP contribution in [0.25, 0.3) is 10.9 Å². The van der Waals surface area contributed by atoms with Crippen LogP contribution in [0.4, 0.5) is 0 Å². The highest BCUT2D eigenvalue weighted by Crippen LogP contribution is 2.30. The van der Waals surface area contributed by atoms with Crippen LogP contribution in [0, 0.1) is 0 Å². The average molecular weight is 550 g/mol. The third-order valence-electron chi connectivity index (χ3n) is 6.52. The van der Waals surface area contributed by atoms with Crippen molar-refractivity contribution in [3.8, 4) is 0 Å². The van der Waals surface area contributed by atoms with Crippen LogP contribution in [0.3, 0.4) is 0 Å². The molecule has 1 aromatic heterocycles. The summed E-state index contributed by atoms with van der Waals surface area (Å²) in [5, 5.41) is 5.98. The Balaban J connectivity index is 1.41. The topological polar surface area (TPSA) is 51.1 Å². The van der Waals surface area contributed by atoms with Crippen molar-refractivity contribution in [2.24, 2.45) is 0 Å². The van der Waals surface area contributed by atoms with E-state index in [1.165, 1.54) is 0 Å². The predicted molar refractivity (Wildman–Crippen MR) is 151 cm³/mol. The Hall–Kier alpha value is -3.09. The highest BCUT2D eigenvalue weighted by atomic mass is 35.5. The fraction of sp³-hybridized carbons (Fsp3) is 0.133. The summed E-state index contributed by atoms with van der Waals surface area (Å²) in [6, 6.07) is 31.8. The number of hydrogen-bond acceptors (Lipinski definition) is 3. The van der Waals surface area contributed by atoms with E-state index in [9.17, 15) is 8.42 Å². The first kappa shape index (κ1) is 25.6. The molecule has 0 aliphatic heterocycles. The molecule has 1 atom stereocenters. The van der Waals surface area contributed by atoms with E-state index in [2.05, 4.69) is 12.2 Å². The Kier molecular flexibility index (Phi) is 7.40. The zero-order valence-electron chi connectivity index (χ0n) is 20.2. The lowest BCUT2D eigenvalue weighted by atomic mass is 10.1. The van der Waals surface area contributed by atoms with Gasteiger partial charge >= 0.3 is 0 Å². The predicted octanol–water partition coefficient (Wildman–Crippen LogP) is 7.68. The third-order valence-corrected chi connectivity index (χ3v) is 8.80. The van der Waals surface area contributed by atoms with Crippen molar-refractivity contribution >= 4 is 43.9 Å². The molecule has 188 valence electrons. The van der Waals surface area contributed by atoms with Gasteiger partial charge in [-0.3, -0.25) is 0 Å². The summed E-state index contributed by atoms with van der Waals surface area (Å²) in [4.78, 5) is 0.265. The minimum Gasteiger partial charge on any atom is -0.327 e. The number of fused-ring (bicyclic) bond motifs is 1. The van der Waals surface area contributed by atoms with Gasteiger partial charge in [0.25, 0.3) is 0 Å². The molecule has 5 rings (SSSR count). The second-order valence-corrected chi connectivity index (χ2v) is 11.8. The first-order valence-corrected chi connectivity index (χ1v) is 14.2. The first-order chi connectivity index (χ1) is 17.8. The SMILES string of the molecule is C[C@H](NCc1ccc(Cl)cc1)c1ccc(S(=O)(=O)c2cc3ccccc3n2Cc2ccc(Cl)cc2)cc1. The molecule has 0 bridgehead atoms. The van der Waals surface area contributed by atoms with Crippen LogP contribution in [0.2, 0.25) is 10.0 Å². The highest BCUT2D eigenvalue weighted by Gasteiger charge is 2.24.